The fraction of sp³-hybridized carbons (Fsp3) is 0.500. The van der Waals surface area contributed by atoms with Crippen molar-refractivity contribution in [2.24, 2.45) is 0 Å². The Balaban J connectivity index is 2.13. The van der Waals surface area contributed by atoms with Crippen LogP contribution in [0.15, 0.2) is 12.1 Å². The highest BCUT2D eigenvalue weighted by molar-refractivity contribution is 5.72. The lowest BCUT2D eigenvalue weighted by molar-refractivity contribution is -0.118. The molecule has 4 heteroatoms. The van der Waals surface area contributed by atoms with Gasteiger partial charge in [0.25, 0.3) is 0 Å². The van der Waals surface area contributed by atoms with E-state index in [1.54, 1.807) is 14.0 Å². The maximum absolute atomic E-state index is 10.9. The van der Waals surface area contributed by atoms with Crippen molar-refractivity contribution in [1.82, 2.24) is 5.32 Å². The van der Waals surface area contributed by atoms with Crippen molar-refractivity contribution in [2.75, 3.05) is 19.4 Å². The number of nitrogen functional groups attached to an aromatic ring is 1. The summed E-state index contributed by atoms with van der Waals surface area (Å²) in [4.78, 5) is 10.9. The van der Waals surface area contributed by atoms with Crippen LogP contribution in [0, 0.1) is 0 Å². The predicted molar refractivity (Wildman–Crippen MR) is 71.8 cm³/mol. The Hall–Kier alpha value is -1.71. The molecule has 1 aromatic carbocycles. The average molecular weight is 248 g/mol. The molecule has 3 N–H and O–H groups in total. The summed E-state index contributed by atoms with van der Waals surface area (Å²) in [6, 6.07) is 4.04. The maximum Gasteiger partial charge on any atom is 0.216 e. The fourth-order valence-corrected chi connectivity index (χ4v) is 2.72. The Morgan fingerprint density at radius 2 is 2.33 bits per heavy atom. The quantitative estimate of drug-likeness (QED) is 0.799. The zero-order valence-corrected chi connectivity index (χ0v) is 11.0. The summed E-state index contributed by atoms with van der Waals surface area (Å²) in [5, 5.41) is 2.84. The number of carbonyl (C=O) groups excluding carboxylic acids is 1. The SMILES string of the molecule is COc1ccc2c(c1N)[C@@H](CCNC(C)=O)CC2. The number of hydrogen-bond acceptors (Lipinski definition) is 3. The molecule has 0 bridgehead atoms. The fourth-order valence-electron chi connectivity index (χ4n) is 2.72. The van der Waals surface area contributed by atoms with Crippen molar-refractivity contribution in [1.29, 1.82) is 0 Å². The van der Waals surface area contributed by atoms with Gasteiger partial charge in [0.05, 0.1) is 12.8 Å². The molecule has 0 fully saturated rings. The Labute approximate surface area is 108 Å². The minimum atomic E-state index is 0.0202. The number of ether oxygens (including phenoxy) is 1. The van der Waals surface area contributed by atoms with Gasteiger partial charge >= 0.3 is 0 Å². The molecule has 0 saturated carbocycles. The van der Waals surface area contributed by atoms with Crippen LogP contribution in [0.3, 0.4) is 0 Å². The predicted octanol–water partition coefficient (Wildman–Crippen LogP) is 1.83. The number of rotatable bonds is 4. The van der Waals surface area contributed by atoms with Gasteiger partial charge < -0.3 is 15.8 Å². The van der Waals surface area contributed by atoms with Gasteiger partial charge in [-0.05, 0) is 42.4 Å². The van der Waals surface area contributed by atoms with E-state index in [9.17, 15) is 4.79 Å². The topological polar surface area (TPSA) is 64.3 Å². The van der Waals surface area contributed by atoms with Crippen molar-refractivity contribution in [3.63, 3.8) is 0 Å². The van der Waals surface area contributed by atoms with Crippen molar-refractivity contribution < 1.29 is 9.53 Å². The molecule has 98 valence electrons. The molecule has 0 aliphatic heterocycles. The minimum Gasteiger partial charge on any atom is -0.495 e. The average Bonchev–Trinajstić information content (AvgIpc) is 2.73. The first kappa shape index (κ1) is 12.7. The van der Waals surface area contributed by atoms with Gasteiger partial charge in [-0.2, -0.15) is 0 Å². The smallest absolute Gasteiger partial charge is 0.216 e. The first-order valence-electron chi connectivity index (χ1n) is 6.33. The summed E-state index contributed by atoms with van der Waals surface area (Å²) in [5.74, 6) is 1.20. The minimum absolute atomic E-state index is 0.0202. The van der Waals surface area contributed by atoms with E-state index >= 15 is 0 Å². The highest BCUT2D eigenvalue weighted by atomic mass is 16.5. The molecule has 2 rings (SSSR count). The van der Waals surface area contributed by atoms with E-state index in [0.717, 1.165) is 30.7 Å². The molecule has 0 unspecified atom stereocenters. The van der Waals surface area contributed by atoms with Crippen molar-refractivity contribution in [3.05, 3.63) is 23.3 Å². The Kier molecular flexibility index (Phi) is 3.75. The second-order valence-electron chi connectivity index (χ2n) is 4.76. The monoisotopic (exact) mass is 248 g/mol. The molecule has 1 atom stereocenters. The highest BCUT2D eigenvalue weighted by Gasteiger charge is 2.26. The zero-order valence-electron chi connectivity index (χ0n) is 11.0. The van der Waals surface area contributed by atoms with E-state index in [1.807, 2.05) is 6.07 Å². The van der Waals surface area contributed by atoms with Crippen LogP contribution >= 0.6 is 0 Å². The van der Waals surface area contributed by atoms with Gasteiger partial charge in [0, 0.05) is 13.5 Å². The molecule has 0 radical (unpaired) electrons. The number of fused-ring (bicyclic) bond motifs is 1. The van der Waals surface area contributed by atoms with Gasteiger partial charge in [0.15, 0.2) is 0 Å². The van der Waals surface area contributed by atoms with Crippen LogP contribution in [0.4, 0.5) is 5.69 Å². The largest absolute Gasteiger partial charge is 0.495 e. The van der Waals surface area contributed by atoms with E-state index in [-0.39, 0.29) is 5.91 Å². The summed E-state index contributed by atoms with van der Waals surface area (Å²) in [6.45, 7) is 2.25. The van der Waals surface area contributed by atoms with Crippen LogP contribution in [-0.4, -0.2) is 19.6 Å². The third-order valence-electron chi connectivity index (χ3n) is 3.59. The molecule has 1 aliphatic rings. The van der Waals surface area contributed by atoms with Crippen LogP contribution < -0.4 is 15.8 Å². The number of hydrogen-bond donors (Lipinski definition) is 2. The van der Waals surface area contributed by atoms with Gasteiger partial charge in [-0.25, -0.2) is 0 Å². The number of nitrogens with one attached hydrogen (secondary N) is 1. The first-order valence-corrected chi connectivity index (χ1v) is 6.33. The van der Waals surface area contributed by atoms with Gasteiger partial charge in [-0.1, -0.05) is 6.07 Å². The van der Waals surface area contributed by atoms with Crippen molar-refractivity contribution in [2.45, 2.75) is 32.1 Å². The Morgan fingerprint density at radius 1 is 1.56 bits per heavy atom. The lowest BCUT2D eigenvalue weighted by atomic mass is 9.96. The van der Waals surface area contributed by atoms with Crippen LogP contribution in [0.25, 0.3) is 0 Å². The molecule has 0 saturated heterocycles. The molecular formula is C14H20N2O2. The standard InChI is InChI=1S/C14H20N2O2/c1-9(17)16-8-7-11-4-3-10-5-6-12(18-2)14(15)13(10)11/h5-6,11H,3-4,7-8,15H2,1-2H3,(H,16,17)/t11-/m1/s1. The van der Waals surface area contributed by atoms with Crippen LogP contribution in [0.2, 0.25) is 0 Å². The van der Waals surface area contributed by atoms with Crippen LogP contribution in [-0.2, 0) is 11.2 Å². The van der Waals surface area contributed by atoms with Gasteiger partial charge in [0.1, 0.15) is 5.75 Å². The van der Waals surface area contributed by atoms with E-state index < -0.39 is 0 Å². The first-order chi connectivity index (χ1) is 8.63. The van der Waals surface area contributed by atoms with Gasteiger partial charge in [-0.15, -0.1) is 0 Å². The summed E-state index contributed by atoms with van der Waals surface area (Å²) >= 11 is 0. The number of amides is 1. The number of benzene rings is 1. The van der Waals surface area contributed by atoms with Gasteiger partial charge in [-0.3, -0.25) is 4.79 Å². The summed E-state index contributed by atoms with van der Waals surface area (Å²) in [5.41, 5.74) is 9.46. The van der Waals surface area contributed by atoms with E-state index in [4.69, 9.17) is 10.5 Å². The number of carbonyl (C=O) groups is 1. The van der Waals surface area contributed by atoms with Gasteiger partial charge in [0.2, 0.25) is 5.91 Å². The number of nitrogens with two attached hydrogens (primary N) is 1. The van der Waals surface area contributed by atoms with Crippen LogP contribution in [0.5, 0.6) is 5.75 Å². The maximum atomic E-state index is 10.9. The summed E-state index contributed by atoms with van der Waals surface area (Å²) in [7, 11) is 1.64. The third-order valence-corrected chi connectivity index (χ3v) is 3.59. The van der Waals surface area contributed by atoms with E-state index in [2.05, 4.69) is 11.4 Å². The normalized spacial score (nSPS) is 17.3. The molecule has 0 aromatic heterocycles. The third kappa shape index (κ3) is 2.42. The van der Waals surface area contributed by atoms with Crippen molar-refractivity contribution in [3.8, 4) is 5.75 Å². The van der Waals surface area contributed by atoms with Crippen molar-refractivity contribution >= 4 is 11.6 Å². The molecule has 1 amide bonds. The number of anilines is 1. The lowest BCUT2D eigenvalue weighted by Gasteiger charge is -2.16. The molecule has 4 nitrogen and oxygen atoms in total. The summed E-state index contributed by atoms with van der Waals surface area (Å²) in [6.07, 6.45) is 3.10. The molecule has 0 spiro atoms. The Bertz CT molecular complexity index is 457. The summed E-state index contributed by atoms with van der Waals surface area (Å²) < 4.78 is 5.27. The molecule has 1 aromatic rings. The second kappa shape index (κ2) is 5.29. The number of aryl methyl sites for hydroxylation is 1. The van der Waals surface area contributed by atoms with E-state index in [1.165, 1.54) is 11.1 Å². The Morgan fingerprint density at radius 3 is 3.00 bits per heavy atom. The zero-order chi connectivity index (χ0) is 13.1. The van der Waals surface area contributed by atoms with Crippen LogP contribution in [0.1, 0.15) is 36.8 Å². The molecule has 1 aliphatic carbocycles. The highest BCUT2D eigenvalue weighted by Crippen LogP contribution is 2.42. The molecule has 18 heavy (non-hydrogen) atoms. The second-order valence-corrected chi connectivity index (χ2v) is 4.76. The number of methoxy groups -OCH3 is 1. The molecular weight excluding hydrogens is 228 g/mol. The van der Waals surface area contributed by atoms with E-state index in [0.29, 0.717) is 12.5 Å². The molecule has 0 heterocycles. The lowest BCUT2D eigenvalue weighted by Crippen LogP contribution is -2.22.